The van der Waals surface area contributed by atoms with Gasteiger partial charge in [0.1, 0.15) is 0 Å². The van der Waals surface area contributed by atoms with Crippen molar-refractivity contribution < 1.29 is 0 Å². The minimum absolute atomic E-state index is 1.13. The third-order valence-electron chi connectivity index (χ3n) is 1.11. The van der Waals surface area contributed by atoms with Crippen LogP contribution >= 0.6 is 11.8 Å². The molecule has 0 N–H and O–H groups in total. The standard InChI is InChI=1S/C8H17NS/c1-5-7-8(9(3)4)10-6-2/h7H,5-6H2,1-4H3/b8-7+. The number of hydrogen-bond donors (Lipinski definition) is 0. The summed E-state index contributed by atoms with van der Waals surface area (Å²) >= 11 is 1.90. The van der Waals surface area contributed by atoms with E-state index in [2.05, 4.69) is 38.9 Å². The molecule has 0 amide bonds. The topological polar surface area (TPSA) is 3.24 Å². The molecule has 0 rings (SSSR count). The van der Waals surface area contributed by atoms with Crippen molar-refractivity contribution in [3.8, 4) is 0 Å². The molecule has 0 saturated carbocycles. The molecule has 0 spiro atoms. The van der Waals surface area contributed by atoms with Gasteiger partial charge in [0.2, 0.25) is 0 Å². The second kappa shape index (κ2) is 5.66. The molecule has 2 heteroatoms. The molecule has 0 heterocycles. The van der Waals surface area contributed by atoms with Crippen molar-refractivity contribution in [1.29, 1.82) is 0 Å². The summed E-state index contributed by atoms with van der Waals surface area (Å²) in [6, 6.07) is 0. The lowest BCUT2D eigenvalue weighted by Crippen LogP contribution is -2.08. The maximum Gasteiger partial charge on any atom is 0.0661 e. The van der Waals surface area contributed by atoms with Crippen molar-refractivity contribution in [1.82, 2.24) is 4.90 Å². The zero-order valence-electron chi connectivity index (χ0n) is 7.35. The van der Waals surface area contributed by atoms with Crippen LogP contribution < -0.4 is 0 Å². The van der Waals surface area contributed by atoms with Crippen LogP contribution in [0.1, 0.15) is 20.3 Å². The van der Waals surface area contributed by atoms with Crippen molar-refractivity contribution in [2.45, 2.75) is 20.3 Å². The van der Waals surface area contributed by atoms with Crippen LogP contribution in [0.4, 0.5) is 0 Å². The van der Waals surface area contributed by atoms with Gasteiger partial charge in [0, 0.05) is 14.1 Å². The first-order valence-electron chi connectivity index (χ1n) is 3.72. The SMILES string of the molecule is CC/C=C(/SCC)N(C)C. The maximum atomic E-state index is 2.26. The average Bonchev–Trinajstić information content (AvgIpc) is 1.87. The summed E-state index contributed by atoms with van der Waals surface area (Å²) in [7, 11) is 4.17. The fourth-order valence-electron chi connectivity index (χ4n) is 0.693. The van der Waals surface area contributed by atoms with Crippen LogP contribution in [0.5, 0.6) is 0 Å². The average molecular weight is 159 g/mol. The summed E-state index contributed by atoms with van der Waals surface area (Å²) in [5, 5.41) is 1.38. The molecule has 0 unspecified atom stereocenters. The van der Waals surface area contributed by atoms with Crippen LogP contribution in [-0.2, 0) is 0 Å². The molecule has 0 saturated heterocycles. The first kappa shape index (κ1) is 9.89. The molecule has 0 bridgehead atoms. The van der Waals surface area contributed by atoms with Gasteiger partial charge >= 0.3 is 0 Å². The zero-order chi connectivity index (χ0) is 7.98. The van der Waals surface area contributed by atoms with E-state index >= 15 is 0 Å². The van der Waals surface area contributed by atoms with Crippen LogP contribution in [-0.4, -0.2) is 24.7 Å². The van der Waals surface area contributed by atoms with Gasteiger partial charge in [0.05, 0.1) is 5.03 Å². The van der Waals surface area contributed by atoms with E-state index in [0.717, 1.165) is 12.2 Å². The molecule has 1 nitrogen and oxygen atoms in total. The van der Waals surface area contributed by atoms with Crippen LogP contribution in [0.15, 0.2) is 11.1 Å². The van der Waals surface area contributed by atoms with E-state index in [-0.39, 0.29) is 0 Å². The Balaban J connectivity index is 3.85. The van der Waals surface area contributed by atoms with Crippen molar-refractivity contribution in [2.75, 3.05) is 19.8 Å². The van der Waals surface area contributed by atoms with E-state index in [4.69, 9.17) is 0 Å². The first-order valence-corrected chi connectivity index (χ1v) is 4.71. The largest absolute Gasteiger partial charge is 0.373 e. The highest BCUT2D eigenvalue weighted by atomic mass is 32.2. The molecule has 0 fully saturated rings. The Kier molecular flexibility index (Phi) is 5.60. The monoisotopic (exact) mass is 159 g/mol. The highest BCUT2D eigenvalue weighted by molar-refractivity contribution is 8.02. The van der Waals surface area contributed by atoms with Gasteiger partial charge < -0.3 is 4.90 Å². The number of thioether (sulfide) groups is 1. The van der Waals surface area contributed by atoms with Gasteiger partial charge in [0.15, 0.2) is 0 Å². The molecule has 0 aromatic rings. The zero-order valence-corrected chi connectivity index (χ0v) is 8.16. The fourth-order valence-corrected chi connectivity index (χ4v) is 1.53. The van der Waals surface area contributed by atoms with Gasteiger partial charge in [-0.3, -0.25) is 0 Å². The second-order valence-corrected chi connectivity index (χ2v) is 3.56. The first-order chi connectivity index (χ1) is 4.72. The molecule has 0 aromatic carbocycles. The highest BCUT2D eigenvalue weighted by Gasteiger charge is 1.95. The Morgan fingerprint density at radius 2 is 2.00 bits per heavy atom. The Hall–Kier alpha value is -0.110. The summed E-state index contributed by atoms with van der Waals surface area (Å²) in [6.07, 6.45) is 3.38. The van der Waals surface area contributed by atoms with Crippen molar-refractivity contribution in [2.24, 2.45) is 0 Å². The fraction of sp³-hybridized carbons (Fsp3) is 0.750. The van der Waals surface area contributed by atoms with Gasteiger partial charge in [-0.2, -0.15) is 0 Å². The van der Waals surface area contributed by atoms with E-state index in [0.29, 0.717) is 0 Å². The predicted molar refractivity (Wildman–Crippen MR) is 50.2 cm³/mol. The minimum atomic E-state index is 1.13. The Morgan fingerprint density at radius 3 is 2.30 bits per heavy atom. The summed E-state index contributed by atoms with van der Waals surface area (Å²) in [4.78, 5) is 2.16. The van der Waals surface area contributed by atoms with Crippen molar-refractivity contribution in [3.63, 3.8) is 0 Å². The van der Waals surface area contributed by atoms with Gasteiger partial charge in [-0.1, -0.05) is 19.9 Å². The predicted octanol–water partition coefficient (Wildman–Crippen LogP) is 2.55. The molecule has 10 heavy (non-hydrogen) atoms. The van der Waals surface area contributed by atoms with Gasteiger partial charge in [-0.25, -0.2) is 0 Å². The Labute approximate surface area is 68.5 Å². The van der Waals surface area contributed by atoms with Crippen LogP contribution in [0.3, 0.4) is 0 Å². The minimum Gasteiger partial charge on any atom is -0.373 e. The normalized spacial score (nSPS) is 11.8. The maximum absolute atomic E-state index is 2.26. The van der Waals surface area contributed by atoms with Crippen LogP contribution in [0.25, 0.3) is 0 Å². The van der Waals surface area contributed by atoms with E-state index in [9.17, 15) is 0 Å². The third kappa shape index (κ3) is 3.83. The van der Waals surface area contributed by atoms with E-state index in [1.165, 1.54) is 5.03 Å². The van der Waals surface area contributed by atoms with Crippen molar-refractivity contribution >= 4 is 11.8 Å². The summed E-state index contributed by atoms with van der Waals surface area (Å²) in [5.74, 6) is 1.16. The lowest BCUT2D eigenvalue weighted by atomic mass is 10.5. The van der Waals surface area contributed by atoms with Gasteiger partial charge in [-0.05, 0) is 12.2 Å². The molecular formula is C8H17NS. The quantitative estimate of drug-likeness (QED) is 0.620. The molecule has 0 aliphatic heterocycles. The molecule has 0 aliphatic rings. The number of rotatable bonds is 4. The molecular weight excluding hydrogens is 142 g/mol. The van der Waals surface area contributed by atoms with Crippen LogP contribution in [0, 0.1) is 0 Å². The van der Waals surface area contributed by atoms with Gasteiger partial charge in [0.25, 0.3) is 0 Å². The molecule has 0 atom stereocenters. The summed E-state index contributed by atoms with van der Waals surface area (Å²) < 4.78 is 0. The molecule has 0 aromatic heterocycles. The molecule has 0 aliphatic carbocycles. The lowest BCUT2D eigenvalue weighted by molar-refractivity contribution is 0.547. The summed E-state index contributed by atoms with van der Waals surface area (Å²) in [5.41, 5.74) is 0. The summed E-state index contributed by atoms with van der Waals surface area (Å²) in [6.45, 7) is 4.34. The van der Waals surface area contributed by atoms with E-state index < -0.39 is 0 Å². The Morgan fingerprint density at radius 1 is 1.40 bits per heavy atom. The van der Waals surface area contributed by atoms with Crippen molar-refractivity contribution in [3.05, 3.63) is 11.1 Å². The number of nitrogens with zero attached hydrogens (tertiary/aromatic N) is 1. The second-order valence-electron chi connectivity index (χ2n) is 2.28. The molecule has 0 radical (unpaired) electrons. The van der Waals surface area contributed by atoms with Gasteiger partial charge in [-0.15, -0.1) is 11.8 Å². The number of hydrogen-bond acceptors (Lipinski definition) is 2. The number of allylic oxidation sites excluding steroid dienone is 1. The molecule has 60 valence electrons. The van der Waals surface area contributed by atoms with Crippen LogP contribution in [0.2, 0.25) is 0 Å². The lowest BCUT2D eigenvalue weighted by Gasteiger charge is -2.15. The highest BCUT2D eigenvalue weighted by Crippen LogP contribution is 2.17. The smallest absolute Gasteiger partial charge is 0.0661 e. The van der Waals surface area contributed by atoms with E-state index in [1.54, 1.807) is 0 Å². The Bertz CT molecular complexity index is 108. The van der Waals surface area contributed by atoms with E-state index in [1.807, 2.05) is 11.8 Å². The third-order valence-corrected chi connectivity index (χ3v) is 2.23.